The van der Waals surface area contributed by atoms with E-state index in [0.29, 0.717) is 11.7 Å². The minimum absolute atomic E-state index is 0.0317. The minimum Gasteiger partial charge on any atom is -0.312 e. The molecule has 0 aliphatic heterocycles. The molecule has 0 aliphatic carbocycles. The highest BCUT2D eigenvalue weighted by Gasteiger charge is 2.24. The lowest BCUT2D eigenvalue weighted by Gasteiger charge is -2.24. The van der Waals surface area contributed by atoms with Gasteiger partial charge in [-0.1, -0.05) is 42.1 Å². The van der Waals surface area contributed by atoms with Crippen LogP contribution in [0.15, 0.2) is 53.7 Å². The van der Waals surface area contributed by atoms with Gasteiger partial charge in [0.25, 0.3) is 0 Å². The molecule has 1 atom stereocenters. The monoisotopic (exact) mass is 381 g/mol. The summed E-state index contributed by atoms with van der Waals surface area (Å²) in [6, 6.07) is 15.7. The minimum atomic E-state index is -0.319. The van der Waals surface area contributed by atoms with Crippen LogP contribution in [-0.4, -0.2) is 37.9 Å². The molecule has 0 unspecified atom stereocenters. The topological polar surface area (TPSA) is 63.9 Å². The van der Waals surface area contributed by atoms with Gasteiger partial charge in [0.1, 0.15) is 0 Å². The van der Waals surface area contributed by atoms with Gasteiger partial charge in [0, 0.05) is 12.2 Å². The highest BCUT2D eigenvalue weighted by Crippen LogP contribution is 2.27. The van der Waals surface area contributed by atoms with E-state index >= 15 is 0 Å². The molecule has 0 fully saturated rings. The summed E-state index contributed by atoms with van der Waals surface area (Å²) in [5.41, 5.74) is 4.11. The Balaban J connectivity index is 1.83. The van der Waals surface area contributed by atoms with E-state index in [9.17, 15) is 4.79 Å². The number of hydrogen-bond donors (Lipinski definition) is 0. The number of benzene rings is 2. The number of thioether (sulfide) groups is 1. The highest BCUT2D eigenvalue weighted by molar-refractivity contribution is 8.00. The van der Waals surface area contributed by atoms with Crippen molar-refractivity contribution in [3.05, 3.63) is 59.7 Å². The van der Waals surface area contributed by atoms with Crippen molar-refractivity contribution in [3.63, 3.8) is 0 Å². The van der Waals surface area contributed by atoms with Gasteiger partial charge < -0.3 is 4.90 Å². The highest BCUT2D eigenvalue weighted by atomic mass is 32.2. The molecule has 0 N–H and O–H groups in total. The maximum absolute atomic E-state index is 13.0. The second kappa shape index (κ2) is 8.35. The van der Waals surface area contributed by atoms with Gasteiger partial charge in [0.15, 0.2) is 0 Å². The van der Waals surface area contributed by atoms with E-state index in [1.165, 1.54) is 17.3 Å². The van der Waals surface area contributed by atoms with E-state index in [-0.39, 0.29) is 11.2 Å². The molecule has 0 radical (unpaired) electrons. The lowest BCUT2D eigenvalue weighted by Crippen LogP contribution is -2.36. The SMILES string of the molecule is CCN(C(=O)[C@H](C)Sc1nnnn1-c1cccc(C)c1C)c1ccccc1. The molecule has 1 heterocycles. The lowest BCUT2D eigenvalue weighted by molar-refractivity contribution is -0.117. The molecular weight excluding hydrogens is 358 g/mol. The summed E-state index contributed by atoms with van der Waals surface area (Å²) in [6.45, 7) is 8.57. The Labute approximate surface area is 163 Å². The van der Waals surface area contributed by atoms with Crippen molar-refractivity contribution in [1.82, 2.24) is 20.2 Å². The molecule has 0 bridgehead atoms. The number of rotatable bonds is 6. The van der Waals surface area contributed by atoms with Crippen molar-refractivity contribution in [3.8, 4) is 5.69 Å². The first-order valence-corrected chi connectivity index (χ1v) is 9.79. The van der Waals surface area contributed by atoms with Gasteiger partial charge in [0.05, 0.1) is 10.9 Å². The van der Waals surface area contributed by atoms with Crippen LogP contribution >= 0.6 is 11.8 Å². The number of nitrogens with zero attached hydrogens (tertiary/aromatic N) is 5. The zero-order valence-electron chi connectivity index (χ0n) is 16.0. The second-order valence-corrected chi connectivity index (χ2v) is 7.58. The van der Waals surface area contributed by atoms with Crippen LogP contribution in [0.1, 0.15) is 25.0 Å². The summed E-state index contributed by atoms with van der Waals surface area (Å²) in [6.07, 6.45) is 0. The van der Waals surface area contributed by atoms with E-state index in [1.807, 2.05) is 63.2 Å². The molecule has 1 aromatic heterocycles. The van der Waals surface area contributed by atoms with Crippen LogP contribution in [0.25, 0.3) is 5.69 Å². The molecule has 0 saturated heterocycles. The third-order valence-corrected chi connectivity index (χ3v) is 5.55. The summed E-state index contributed by atoms with van der Waals surface area (Å²) in [5, 5.41) is 12.4. The van der Waals surface area contributed by atoms with Gasteiger partial charge in [-0.3, -0.25) is 4.79 Å². The maximum Gasteiger partial charge on any atom is 0.240 e. The summed E-state index contributed by atoms with van der Waals surface area (Å²) in [4.78, 5) is 14.8. The number of aromatic nitrogens is 4. The first-order chi connectivity index (χ1) is 13.0. The average Bonchev–Trinajstić information content (AvgIpc) is 3.13. The quantitative estimate of drug-likeness (QED) is 0.608. The summed E-state index contributed by atoms with van der Waals surface area (Å²) >= 11 is 1.37. The van der Waals surface area contributed by atoms with Crippen LogP contribution < -0.4 is 4.90 Å². The Kier molecular flexibility index (Phi) is 5.91. The number of carbonyl (C=O) groups is 1. The molecule has 27 heavy (non-hydrogen) atoms. The third-order valence-electron chi connectivity index (χ3n) is 4.53. The van der Waals surface area contributed by atoms with E-state index in [1.54, 1.807) is 9.58 Å². The van der Waals surface area contributed by atoms with E-state index in [0.717, 1.165) is 16.9 Å². The first-order valence-electron chi connectivity index (χ1n) is 8.91. The predicted molar refractivity (Wildman–Crippen MR) is 108 cm³/mol. The zero-order chi connectivity index (χ0) is 19.4. The average molecular weight is 382 g/mol. The number of aryl methyl sites for hydroxylation is 1. The molecule has 7 heteroatoms. The van der Waals surface area contributed by atoms with Crippen molar-refractivity contribution in [1.29, 1.82) is 0 Å². The van der Waals surface area contributed by atoms with Crippen molar-refractivity contribution >= 4 is 23.4 Å². The smallest absolute Gasteiger partial charge is 0.240 e. The number of tetrazole rings is 1. The normalized spacial score (nSPS) is 12.0. The van der Waals surface area contributed by atoms with Crippen molar-refractivity contribution in [2.24, 2.45) is 0 Å². The Bertz CT molecular complexity index is 925. The number of para-hydroxylation sites is 1. The van der Waals surface area contributed by atoms with Crippen molar-refractivity contribution < 1.29 is 4.79 Å². The lowest BCUT2D eigenvalue weighted by atomic mass is 10.1. The zero-order valence-corrected chi connectivity index (χ0v) is 16.8. The number of hydrogen-bond acceptors (Lipinski definition) is 5. The van der Waals surface area contributed by atoms with Crippen LogP contribution in [0.2, 0.25) is 0 Å². The van der Waals surface area contributed by atoms with E-state index in [2.05, 4.69) is 28.5 Å². The molecule has 0 spiro atoms. The number of amides is 1. The fourth-order valence-corrected chi connectivity index (χ4v) is 3.73. The maximum atomic E-state index is 13.0. The number of carbonyl (C=O) groups excluding carboxylic acids is 1. The largest absolute Gasteiger partial charge is 0.312 e. The Morgan fingerprint density at radius 2 is 1.89 bits per heavy atom. The summed E-state index contributed by atoms with van der Waals surface area (Å²) < 4.78 is 1.70. The van der Waals surface area contributed by atoms with Gasteiger partial charge in [-0.15, -0.1) is 5.10 Å². The van der Waals surface area contributed by atoms with Crippen LogP contribution in [0.4, 0.5) is 5.69 Å². The van der Waals surface area contributed by atoms with Crippen molar-refractivity contribution in [2.45, 2.75) is 38.1 Å². The summed E-state index contributed by atoms with van der Waals surface area (Å²) in [5.74, 6) is 0.0317. The van der Waals surface area contributed by atoms with Gasteiger partial charge in [-0.05, 0) is 67.4 Å². The Morgan fingerprint density at radius 1 is 1.15 bits per heavy atom. The molecule has 0 saturated carbocycles. The molecule has 1 amide bonds. The van der Waals surface area contributed by atoms with Crippen LogP contribution in [-0.2, 0) is 4.79 Å². The third kappa shape index (κ3) is 4.03. The van der Waals surface area contributed by atoms with E-state index < -0.39 is 0 Å². The molecule has 140 valence electrons. The van der Waals surface area contributed by atoms with E-state index in [4.69, 9.17) is 0 Å². The van der Waals surface area contributed by atoms with Gasteiger partial charge in [-0.25, -0.2) is 0 Å². The van der Waals surface area contributed by atoms with Gasteiger partial charge in [-0.2, -0.15) is 4.68 Å². The van der Waals surface area contributed by atoms with Crippen LogP contribution in [0, 0.1) is 13.8 Å². The second-order valence-electron chi connectivity index (χ2n) is 6.27. The van der Waals surface area contributed by atoms with Crippen LogP contribution in [0.5, 0.6) is 0 Å². The fraction of sp³-hybridized carbons (Fsp3) is 0.300. The predicted octanol–water partition coefficient (Wildman–Crippen LogP) is 3.81. The molecular formula is C20H23N5OS. The Morgan fingerprint density at radius 3 is 2.59 bits per heavy atom. The van der Waals surface area contributed by atoms with Gasteiger partial charge in [0.2, 0.25) is 11.1 Å². The first kappa shape index (κ1) is 19.1. The van der Waals surface area contributed by atoms with Crippen LogP contribution in [0.3, 0.4) is 0 Å². The van der Waals surface area contributed by atoms with Gasteiger partial charge >= 0.3 is 0 Å². The van der Waals surface area contributed by atoms with Crippen molar-refractivity contribution in [2.75, 3.05) is 11.4 Å². The molecule has 0 aliphatic rings. The molecule has 2 aromatic carbocycles. The molecule has 6 nitrogen and oxygen atoms in total. The number of anilines is 1. The summed E-state index contributed by atoms with van der Waals surface area (Å²) in [7, 11) is 0. The Hall–Kier alpha value is -2.67. The fourth-order valence-electron chi connectivity index (χ4n) is 2.87. The molecule has 3 aromatic rings. The standard InChI is InChI=1S/C20H23N5OS/c1-5-24(17-11-7-6-8-12-17)19(26)16(4)27-20-21-22-23-25(20)18-13-9-10-14(2)15(18)3/h6-13,16H,5H2,1-4H3/t16-/m0/s1. The molecule has 3 rings (SSSR count).